The smallest absolute Gasteiger partial charge is 0.408 e. The van der Waals surface area contributed by atoms with Crippen molar-refractivity contribution >= 4 is 102 Å². The summed E-state index contributed by atoms with van der Waals surface area (Å²) >= 11 is 0. The molecule has 0 radical (unpaired) electrons. The largest absolute Gasteiger partial charge is 0.481 e. The number of nitrogens with one attached hydrogen (secondary N) is 9. The number of carbonyl (C=O) groups excluding carboxylic acids is 11. The molecule has 0 spiro atoms. The van der Waals surface area contributed by atoms with Gasteiger partial charge in [0.15, 0.2) is 11.9 Å². The molecule has 8 atom stereocenters. The number of halogens is 1. The Bertz CT molecular complexity index is 4200. The van der Waals surface area contributed by atoms with Gasteiger partial charge in [0.1, 0.15) is 64.7 Å². The lowest BCUT2D eigenvalue weighted by atomic mass is 10.0. The molecule has 0 unspecified atom stereocenters. The molecule has 0 saturated heterocycles. The van der Waals surface area contributed by atoms with Crippen molar-refractivity contribution in [2.45, 2.75) is 258 Å². The zero-order chi connectivity index (χ0) is 95.5. The summed E-state index contributed by atoms with van der Waals surface area (Å²) in [6.45, 7) is 17.0. The number of aliphatic imine (C=N–C) groups is 2. The van der Waals surface area contributed by atoms with E-state index in [1.807, 2.05) is 6.07 Å². The van der Waals surface area contributed by atoms with Crippen LogP contribution in [0, 0.1) is 0 Å². The van der Waals surface area contributed by atoms with Gasteiger partial charge >= 0.3 is 30.3 Å². The molecule has 11 amide bonds. The molecule has 40 heteroatoms. The maximum absolute atomic E-state index is 14.1. The SMILES string of the molecule is C.CC(=O)O.CC(C)(C)OC(=O)N[C@@H](Cc1ccccc1)C(=O)N[C@H](CCCN=C(N)N)C(=O)N[C@@H](Cc1ccccc1)C(=O)O.Cl.N.O.[2HH].[2H]C([2H])(CCC[C@]([2H])(N)C(N)=O)NC(=O)OC(C)(C)C.[2H]C([2H])(CCC[C@]([2H])(NC(=O)[C@H](Cc1ccccc1)NC(=O)[C@@H](CCCN=C(N)N)NC(=O)[C@H](Cc1ccccc1)NC(=O)OC(C)(C)C)C(N)=O)NC(=O)OC(C)(C)C. The van der Waals surface area contributed by atoms with Crippen LogP contribution < -0.4 is 94.1 Å². The molecule has 0 saturated carbocycles. The monoisotopic (exact) mass is 1770 g/mol. The Balaban J connectivity index is -0.000000642. The molecule has 0 bridgehead atoms. The van der Waals surface area contributed by atoms with Crippen LogP contribution >= 0.6 is 12.4 Å². The van der Waals surface area contributed by atoms with E-state index in [0.717, 1.165) is 18.1 Å². The third-order valence-electron chi connectivity index (χ3n) is 15.1. The summed E-state index contributed by atoms with van der Waals surface area (Å²) in [4.78, 5) is 170. The molecule has 39 nitrogen and oxygen atoms in total. The molecular weight excluding hydrogens is 1620 g/mol. The maximum atomic E-state index is 14.1. The highest BCUT2D eigenvalue weighted by atomic mass is 35.5. The highest BCUT2D eigenvalue weighted by Crippen LogP contribution is 2.16. The van der Waals surface area contributed by atoms with Gasteiger partial charge in [-0.1, -0.05) is 129 Å². The number of nitrogens with zero attached hydrogens (tertiary/aromatic N) is 2. The number of ether oxygens (including phenoxy) is 4. The van der Waals surface area contributed by atoms with Crippen LogP contribution in [0.2, 0.25) is 0 Å². The maximum Gasteiger partial charge on any atom is 0.408 e. The van der Waals surface area contributed by atoms with Crippen LogP contribution in [0.1, 0.15) is 194 Å². The number of aliphatic carboxylic acids is 2. The first-order valence-electron chi connectivity index (χ1n) is 41.2. The van der Waals surface area contributed by atoms with Crippen LogP contribution in [-0.2, 0) is 87.8 Å². The molecule has 4 aromatic carbocycles. The van der Waals surface area contributed by atoms with E-state index in [2.05, 4.69) is 57.8 Å². The van der Waals surface area contributed by atoms with E-state index in [-0.39, 0.29) is 135 Å². The highest BCUT2D eigenvalue weighted by Gasteiger charge is 2.35. The summed E-state index contributed by atoms with van der Waals surface area (Å²) in [5.74, 6) is -8.46. The number of amides is 11. The minimum atomic E-state index is -2.47. The number of benzene rings is 4. The first-order chi connectivity index (χ1) is 57.6. The lowest BCUT2D eigenvalue weighted by Crippen LogP contribution is -2.59. The van der Waals surface area contributed by atoms with Gasteiger partial charge in [-0.25, -0.2) is 24.0 Å². The number of guanidine groups is 2. The van der Waals surface area contributed by atoms with Crippen LogP contribution in [-0.4, -0.2) is 202 Å². The predicted octanol–water partition coefficient (Wildman–Crippen LogP) is 4.75. The Morgan fingerprint density at radius 1 is 0.398 bits per heavy atom. The zero-order valence-corrected chi connectivity index (χ0v) is 72.5. The molecule has 123 heavy (non-hydrogen) atoms. The molecule has 4 rings (SSSR count). The summed E-state index contributed by atoms with van der Waals surface area (Å²) in [7, 11) is 0. The number of carboxylic acid groups (broad SMARTS) is 2. The second kappa shape index (κ2) is 61.2. The second-order valence-corrected chi connectivity index (χ2v) is 30.7. The summed E-state index contributed by atoms with van der Waals surface area (Å²) in [6, 6.07) is 23.5. The molecule has 0 fully saturated rings. The normalized spacial score (nSPS) is 14.0. The van der Waals surface area contributed by atoms with Crippen molar-refractivity contribution in [3.05, 3.63) is 144 Å². The van der Waals surface area contributed by atoms with E-state index in [1.165, 1.54) is 0 Å². The Hall–Kier alpha value is -12.1. The molecule has 0 heterocycles. The minimum absolute atomic E-state index is 0. The number of alkyl carbamates (subject to hydrolysis) is 4. The number of rotatable bonds is 41. The molecule has 0 aliphatic rings. The average molecular weight is 1770 g/mol. The Morgan fingerprint density at radius 3 is 0.943 bits per heavy atom. The third kappa shape index (κ3) is 60.1. The van der Waals surface area contributed by atoms with E-state index >= 15 is 0 Å². The van der Waals surface area contributed by atoms with Crippen molar-refractivity contribution in [1.29, 1.82) is 0 Å². The molecule has 4 aromatic rings. The van der Waals surface area contributed by atoms with Crippen molar-refractivity contribution in [3.8, 4) is 0 Å². The number of carbonyl (C=O) groups is 13. The minimum Gasteiger partial charge on any atom is -0.481 e. The number of carboxylic acids is 2. The van der Waals surface area contributed by atoms with Gasteiger partial charge in [0.25, 0.3) is 5.97 Å². The fourth-order valence-corrected chi connectivity index (χ4v) is 9.96. The first kappa shape index (κ1) is 105. The van der Waals surface area contributed by atoms with E-state index in [1.54, 1.807) is 198 Å². The van der Waals surface area contributed by atoms with Crippen molar-refractivity contribution in [3.63, 3.8) is 0 Å². The van der Waals surface area contributed by atoms with Gasteiger partial charge in [0.05, 0.1) is 8.76 Å². The predicted molar refractivity (Wildman–Crippen MR) is 475 cm³/mol. The topological polar surface area (TPSA) is 681 Å². The van der Waals surface area contributed by atoms with Crippen molar-refractivity contribution in [1.82, 2.24) is 54.0 Å². The zero-order valence-electron chi connectivity index (χ0n) is 77.7. The third-order valence-corrected chi connectivity index (χ3v) is 15.1. The van der Waals surface area contributed by atoms with Crippen LogP contribution in [0.15, 0.2) is 131 Å². The Labute approximate surface area is 737 Å². The van der Waals surface area contributed by atoms with Gasteiger partial charge in [-0.3, -0.25) is 48.3 Å². The van der Waals surface area contributed by atoms with E-state index < -0.39 is 168 Å². The summed E-state index contributed by atoms with van der Waals surface area (Å²) in [5, 5.41) is 39.4. The van der Waals surface area contributed by atoms with Crippen LogP contribution in [0.4, 0.5) is 19.2 Å². The fraction of sp³-hybridized carbons (Fsp3) is 0.530. The summed E-state index contributed by atoms with van der Waals surface area (Å²) in [5.41, 5.74) is 37.1. The number of nitrogens with two attached hydrogens (primary N) is 7. The van der Waals surface area contributed by atoms with Crippen molar-refractivity contribution < 1.29 is 107 Å². The van der Waals surface area contributed by atoms with Gasteiger partial charge in [-0.05, 0) is 170 Å². The highest BCUT2D eigenvalue weighted by molar-refractivity contribution is 5.96. The fourth-order valence-electron chi connectivity index (χ4n) is 9.96. The van der Waals surface area contributed by atoms with Crippen LogP contribution in [0.25, 0.3) is 0 Å². The van der Waals surface area contributed by atoms with Gasteiger partial charge in [-0.2, -0.15) is 0 Å². The number of hydrogen-bond acceptors (Lipinski definition) is 21. The average Bonchev–Trinajstić information content (AvgIpc) is 0.830. The first-order valence-corrected chi connectivity index (χ1v) is 38.2. The molecule has 30 N–H and O–H groups in total. The van der Waals surface area contributed by atoms with Crippen molar-refractivity contribution in [2.75, 3.05) is 26.1 Å². The van der Waals surface area contributed by atoms with E-state index in [0.29, 0.717) is 17.5 Å². The molecule has 694 valence electrons. The molecule has 0 aliphatic carbocycles. The van der Waals surface area contributed by atoms with E-state index in [9.17, 15) is 62.6 Å². The van der Waals surface area contributed by atoms with Gasteiger partial charge < -0.3 is 129 Å². The number of hydrogen-bond donors (Lipinski definition) is 19. The quantitative estimate of drug-likeness (QED) is 0.0123. The van der Waals surface area contributed by atoms with Gasteiger partial charge in [0, 0.05) is 65.6 Å². The van der Waals surface area contributed by atoms with Gasteiger partial charge in [-0.15, -0.1) is 12.4 Å². The molecule has 0 aliphatic heterocycles. The molecular formula is C83H140ClN19O20. The van der Waals surface area contributed by atoms with Gasteiger partial charge in [0.2, 0.25) is 41.4 Å². The van der Waals surface area contributed by atoms with Crippen LogP contribution in [0.5, 0.6) is 0 Å². The van der Waals surface area contributed by atoms with Crippen molar-refractivity contribution in [2.24, 2.45) is 50.1 Å². The Morgan fingerprint density at radius 2 is 0.659 bits per heavy atom. The standard InChI is InChI=1S/C40H61N9O8.C29H40N6O6.C11H23N3O3.C2H4O2.CH4.ClH.H3N.H2O.H2/c1-39(2,3)56-37(54)45-22-14-13-20-28(32(41)50)46-34(52)30(24-26-16-9-7-10-17-26)48-33(51)29(21-15-23-44-36(42)43)47-35(53)31(25-27-18-11-8-12-19-27)49-38(55)57-40(4,5)6;1-29(2,3)41-28(40)35-22(17-19-11-6-4-7-12-19)25(37)33-21(15-10-16-32-27(30)31)24(36)34-23(26(38)39)18-20-13-8-5-9-14-20;1-11(2,3)17-10(16)14-7-5-4-6-8(12)9(13)15;1-2(3)4;;;;;/h7-12,16-19,28-31H,13-15,20-25H2,1-6H3,(H2,41,50)(H,45,54)(H,46,52)(H,47,53)(H,48,51)(H,49,55)(H4,42,43,44);4-9,11-14,21-23H,10,15-18H2,1-3H3,(H,33,37)(H,34,36)(H,35,40)(H,38,39)(H4,30,31,32);8H,4-7,12H2,1-3H3,(H2,13,15)(H,14,16);1H3,(H,3,4);1H4;1H;1H3;1H2;1H/t28-,29+,30-,31-;21-,22+,23+;8-;;;;;;/m010....../s1/i22D2,28D;;7D2,8D;;;;;;1+1. The second-order valence-electron chi connectivity index (χ2n) is 30.7. The van der Waals surface area contributed by atoms with Crippen LogP contribution in [0.3, 0.4) is 0 Å². The molecule has 0 aromatic heterocycles. The van der Waals surface area contributed by atoms with E-state index in [4.69, 9.17) is 77.2 Å². The Kier molecular flexibility index (Phi) is 52.3. The lowest BCUT2D eigenvalue weighted by Gasteiger charge is -2.27. The summed E-state index contributed by atoms with van der Waals surface area (Å²) in [6.07, 6.45) is -4.01. The summed E-state index contributed by atoms with van der Waals surface area (Å²) < 4.78 is 68.6. The lowest BCUT2D eigenvalue weighted by molar-refractivity contribution is -0.142. The number of primary amides is 2.